The third-order valence-corrected chi connectivity index (χ3v) is 17.3. The minimum Gasteiger partial charge on any atom is -0.269 e. The molecule has 143 valence electrons. The molecule has 0 nitrogen and oxygen atoms in total. The fourth-order valence-electron chi connectivity index (χ4n) is 3.78. The van der Waals surface area contributed by atoms with Crippen LogP contribution in [0.1, 0.15) is 38.8 Å². The van der Waals surface area contributed by atoms with Crippen LogP contribution in [0.25, 0.3) is 0 Å². The molecule has 0 amide bonds. The molecule has 1 radical (unpaired) electrons. The predicted octanol–water partition coefficient (Wildman–Crippen LogP) is 6.56. The Morgan fingerprint density at radius 3 is 1.52 bits per heavy atom. The normalized spacial score (nSPS) is 12.0. The van der Waals surface area contributed by atoms with Gasteiger partial charge in [0, 0.05) is 0 Å². The summed E-state index contributed by atoms with van der Waals surface area (Å²) >= 11 is 0.0435. The van der Waals surface area contributed by atoms with E-state index in [1.807, 2.05) is 11.3 Å². The number of halogens is 1. The van der Waals surface area contributed by atoms with Crippen LogP contribution in [0, 0.1) is 0 Å². The summed E-state index contributed by atoms with van der Waals surface area (Å²) in [6.45, 7) is 9.74. The summed E-state index contributed by atoms with van der Waals surface area (Å²) in [6.07, 6.45) is 0. The van der Waals surface area contributed by atoms with Crippen LogP contribution in [0.5, 0.6) is 0 Å². The van der Waals surface area contributed by atoms with Gasteiger partial charge in [-0.15, -0.1) is 0 Å². The molecule has 3 aromatic rings. The van der Waals surface area contributed by atoms with Gasteiger partial charge in [-0.1, -0.05) is 0 Å². The van der Waals surface area contributed by atoms with E-state index in [1.54, 1.807) is 3.58 Å². The molecule has 0 aliphatic carbocycles. The van der Waals surface area contributed by atoms with Crippen LogP contribution < -0.4 is 3.58 Å². The number of rotatable bonds is 7. The van der Waals surface area contributed by atoms with Gasteiger partial charge < -0.3 is 0 Å². The molecule has 0 fully saturated rings. The maximum Gasteiger partial charge on any atom is -0.269 e. The summed E-state index contributed by atoms with van der Waals surface area (Å²) < 4.78 is 4.39. The standard InChI is InChI=1S/2C10H13.C4H3S.FH.Sn/c2*1-10(2,3)9-7-5-4-6-8-9;1-2-4-5-3-1;;/h2*4-8H,1H2,2-3H3;1,3-4H;1H;. The van der Waals surface area contributed by atoms with Gasteiger partial charge >= 0.3 is 171 Å². The van der Waals surface area contributed by atoms with Gasteiger partial charge in [0.05, 0.1) is 0 Å². The van der Waals surface area contributed by atoms with Crippen LogP contribution in [-0.2, 0) is 10.8 Å². The van der Waals surface area contributed by atoms with Crippen LogP contribution in [-0.4, -0.2) is 19.8 Å². The molecule has 1 heterocycles. The molecule has 0 spiro atoms. The molecular formula is C24H30FSSn. The molecule has 0 unspecified atom stereocenters. The van der Waals surface area contributed by atoms with E-state index in [-0.39, 0.29) is 15.5 Å². The van der Waals surface area contributed by atoms with Gasteiger partial charge in [-0.3, -0.25) is 4.70 Å². The van der Waals surface area contributed by atoms with Crippen LogP contribution in [0.2, 0.25) is 8.87 Å². The SMILES string of the molecule is CC(C)([CH2][Sn]([CH2]C(C)(C)c1ccccc1)[c]1ccsc1)c1ccccc1.F. The summed E-state index contributed by atoms with van der Waals surface area (Å²) in [5, 5.41) is 4.69. The first-order valence-electron chi connectivity index (χ1n) is 9.37. The van der Waals surface area contributed by atoms with E-state index in [4.69, 9.17) is 0 Å². The van der Waals surface area contributed by atoms with E-state index < -0.39 is 19.8 Å². The van der Waals surface area contributed by atoms with E-state index in [0.717, 1.165) is 0 Å². The van der Waals surface area contributed by atoms with Crippen molar-refractivity contribution in [2.75, 3.05) is 0 Å². The summed E-state index contributed by atoms with van der Waals surface area (Å²) in [5.41, 5.74) is 3.44. The van der Waals surface area contributed by atoms with E-state index in [2.05, 4.69) is 105 Å². The Balaban J connectivity index is 0.00000261. The first-order valence-corrected chi connectivity index (χ1v) is 15.8. The second-order valence-corrected chi connectivity index (χ2v) is 16.4. The van der Waals surface area contributed by atoms with Crippen molar-refractivity contribution < 1.29 is 4.70 Å². The average Bonchev–Trinajstić information content (AvgIpc) is 3.17. The van der Waals surface area contributed by atoms with Crippen molar-refractivity contribution in [1.29, 1.82) is 0 Å². The Bertz CT molecular complexity index is 741. The molecule has 0 bridgehead atoms. The zero-order chi connectivity index (χ0) is 18.6. The Morgan fingerprint density at radius 1 is 0.704 bits per heavy atom. The molecule has 27 heavy (non-hydrogen) atoms. The van der Waals surface area contributed by atoms with Gasteiger partial charge in [-0.05, 0) is 0 Å². The molecule has 3 heteroatoms. The molecule has 1 aromatic heterocycles. The van der Waals surface area contributed by atoms with Crippen LogP contribution in [0.15, 0.2) is 77.5 Å². The second kappa shape index (κ2) is 9.38. The third-order valence-electron chi connectivity index (χ3n) is 5.35. The second-order valence-electron chi connectivity index (χ2n) is 8.47. The maximum absolute atomic E-state index is 2.44. The van der Waals surface area contributed by atoms with Crippen molar-refractivity contribution in [1.82, 2.24) is 0 Å². The van der Waals surface area contributed by atoms with Gasteiger partial charge in [-0.25, -0.2) is 0 Å². The van der Waals surface area contributed by atoms with Crippen molar-refractivity contribution in [3.8, 4) is 0 Å². The largest absolute Gasteiger partial charge is 0.269 e. The molecule has 2 aromatic carbocycles. The molecular weight excluding hydrogens is 458 g/mol. The van der Waals surface area contributed by atoms with Gasteiger partial charge in [0.1, 0.15) is 0 Å². The Morgan fingerprint density at radius 2 is 1.15 bits per heavy atom. The minimum absolute atomic E-state index is 0. The summed E-state index contributed by atoms with van der Waals surface area (Å²) in [7, 11) is 0. The smallest absolute Gasteiger partial charge is 0.269 e. The molecule has 0 saturated heterocycles. The van der Waals surface area contributed by atoms with Crippen molar-refractivity contribution in [3.63, 3.8) is 0 Å². The fourth-order valence-corrected chi connectivity index (χ4v) is 16.5. The quantitative estimate of drug-likeness (QED) is 0.331. The molecule has 0 saturated carbocycles. The first kappa shape index (κ1) is 22.2. The molecule has 0 N–H and O–H groups in total. The predicted molar refractivity (Wildman–Crippen MR) is 121 cm³/mol. The fraction of sp³-hybridized carbons (Fsp3) is 0.333. The van der Waals surface area contributed by atoms with Crippen molar-refractivity contribution in [3.05, 3.63) is 88.6 Å². The van der Waals surface area contributed by atoms with E-state index in [1.165, 1.54) is 20.0 Å². The van der Waals surface area contributed by atoms with E-state index >= 15 is 0 Å². The summed E-state index contributed by atoms with van der Waals surface area (Å²) in [6, 6.07) is 24.6. The van der Waals surface area contributed by atoms with Crippen molar-refractivity contribution in [2.24, 2.45) is 0 Å². The van der Waals surface area contributed by atoms with Crippen molar-refractivity contribution >= 4 is 34.7 Å². The molecule has 3 rings (SSSR count). The van der Waals surface area contributed by atoms with E-state index in [0.29, 0.717) is 0 Å². The van der Waals surface area contributed by atoms with Gasteiger partial charge in [0.15, 0.2) is 0 Å². The monoisotopic (exact) mass is 489 g/mol. The molecule has 0 atom stereocenters. The van der Waals surface area contributed by atoms with Crippen LogP contribution >= 0.6 is 11.3 Å². The third kappa shape index (κ3) is 5.68. The molecule has 0 aliphatic heterocycles. The Hall–Kier alpha value is -1.13. The first-order chi connectivity index (χ1) is 12.4. The van der Waals surface area contributed by atoms with Gasteiger partial charge in [0.2, 0.25) is 0 Å². The summed E-state index contributed by atoms with van der Waals surface area (Å²) in [5.74, 6) is 0. The zero-order valence-corrected chi connectivity index (χ0v) is 20.4. The number of benzene rings is 2. The number of hydrogen-bond acceptors (Lipinski definition) is 1. The maximum atomic E-state index is 2.44. The average molecular weight is 488 g/mol. The Kier molecular flexibility index (Phi) is 7.70. The summed E-state index contributed by atoms with van der Waals surface area (Å²) in [4.78, 5) is 0. The van der Waals surface area contributed by atoms with Crippen LogP contribution in [0.3, 0.4) is 0 Å². The number of hydrogen-bond donors (Lipinski definition) is 0. The van der Waals surface area contributed by atoms with Crippen LogP contribution in [0.4, 0.5) is 4.70 Å². The zero-order valence-electron chi connectivity index (χ0n) is 16.7. The number of thiophene rings is 1. The van der Waals surface area contributed by atoms with Crippen molar-refractivity contribution in [2.45, 2.75) is 47.4 Å². The van der Waals surface area contributed by atoms with E-state index in [9.17, 15) is 0 Å². The molecule has 0 aliphatic rings. The minimum atomic E-state index is -1.82. The Labute approximate surface area is 174 Å². The van der Waals surface area contributed by atoms with Gasteiger partial charge in [0.25, 0.3) is 0 Å². The topological polar surface area (TPSA) is 0 Å². The van der Waals surface area contributed by atoms with Gasteiger partial charge in [-0.2, -0.15) is 0 Å².